The molecule has 1 aliphatic rings. The number of rotatable bonds is 4. The van der Waals surface area contributed by atoms with Crippen LogP contribution in [-0.4, -0.2) is 48.7 Å². The van der Waals surface area contributed by atoms with Gasteiger partial charge in [-0.3, -0.25) is 4.90 Å². The van der Waals surface area contributed by atoms with E-state index >= 15 is 0 Å². The van der Waals surface area contributed by atoms with Crippen LogP contribution in [-0.2, 0) is 17.8 Å². The Labute approximate surface area is 134 Å². The molecule has 0 spiro atoms. The second-order valence-corrected chi connectivity index (χ2v) is 5.77. The summed E-state index contributed by atoms with van der Waals surface area (Å²) in [7, 11) is 0. The average molecular weight is 312 g/mol. The molecule has 0 N–H and O–H groups in total. The Morgan fingerprint density at radius 3 is 3.17 bits per heavy atom. The Balaban J connectivity index is 1.49. The first-order chi connectivity index (χ1) is 11.3. The minimum absolute atomic E-state index is 0.0248. The highest BCUT2D eigenvalue weighted by molar-refractivity contribution is 5.39. The maximum absolute atomic E-state index is 5.90. The van der Waals surface area contributed by atoms with Crippen molar-refractivity contribution in [2.24, 2.45) is 0 Å². The van der Waals surface area contributed by atoms with Crippen molar-refractivity contribution in [2.45, 2.75) is 26.1 Å². The third-order valence-corrected chi connectivity index (χ3v) is 4.22. The first-order valence-electron chi connectivity index (χ1n) is 7.98. The molecule has 1 saturated heterocycles. The Kier molecular flexibility index (Phi) is 3.80. The van der Waals surface area contributed by atoms with Gasteiger partial charge in [-0.25, -0.2) is 4.98 Å². The van der Waals surface area contributed by atoms with Crippen LogP contribution in [0.15, 0.2) is 36.9 Å². The van der Waals surface area contributed by atoms with Crippen LogP contribution >= 0.6 is 0 Å². The van der Waals surface area contributed by atoms with E-state index in [0.717, 1.165) is 43.3 Å². The van der Waals surface area contributed by atoms with Crippen molar-refractivity contribution < 1.29 is 4.74 Å². The lowest BCUT2D eigenvalue weighted by molar-refractivity contribution is -0.0391. The molecule has 0 aromatic carbocycles. The van der Waals surface area contributed by atoms with Crippen LogP contribution in [0.5, 0.6) is 0 Å². The first kappa shape index (κ1) is 14.3. The van der Waals surface area contributed by atoms with Crippen molar-refractivity contribution in [3.8, 4) is 0 Å². The van der Waals surface area contributed by atoms with Crippen LogP contribution < -0.4 is 0 Å². The van der Waals surface area contributed by atoms with E-state index in [0.29, 0.717) is 6.61 Å². The quantitative estimate of drug-likeness (QED) is 0.731. The number of pyridine rings is 1. The maximum atomic E-state index is 5.90. The monoisotopic (exact) mass is 312 g/mol. The van der Waals surface area contributed by atoms with Gasteiger partial charge in [0.25, 0.3) is 0 Å². The summed E-state index contributed by atoms with van der Waals surface area (Å²) >= 11 is 0. The Hall–Kier alpha value is -2.25. The van der Waals surface area contributed by atoms with Crippen LogP contribution in [0, 0.1) is 0 Å². The molecule has 0 unspecified atom stereocenters. The topological polar surface area (TPSA) is 60.5 Å². The number of imidazole rings is 1. The fourth-order valence-corrected chi connectivity index (χ4v) is 3.05. The summed E-state index contributed by atoms with van der Waals surface area (Å²) < 4.78 is 10.00. The van der Waals surface area contributed by atoms with Gasteiger partial charge in [0, 0.05) is 38.6 Å². The predicted molar refractivity (Wildman–Crippen MR) is 84.9 cm³/mol. The second-order valence-electron chi connectivity index (χ2n) is 5.77. The van der Waals surface area contributed by atoms with Gasteiger partial charge in [-0.15, -0.1) is 10.2 Å². The molecule has 1 aliphatic heterocycles. The van der Waals surface area contributed by atoms with E-state index in [9.17, 15) is 0 Å². The fraction of sp³-hybridized carbons (Fsp3) is 0.438. The SMILES string of the molecule is CCn1cnnc1[C@@H]1CN(Cc2cn3ccccc3n2)CCO1. The van der Waals surface area contributed by atoms with Crippen LogP contribution in [0.1, 0.15) is 24.5 Å². The zero-order valence-corrected chi connectivity index (χ0v) is 13.2. The van der Waals surface area contributed by atoms with Gasteiger partial charge in [0.2, 0.25) is 0 Å². The molecule has 120 valence electrons. The number of hydrogen-bond acceptors (Lipinski definition) is 5. The second kappa shape index (κ2) is 6.10. The van der Waals surface area contributed by atoms with Crippen molar-refractivity contribution in [1.29, 1.82) is 0 Å². The highest BCUT2D eigenvalue weighted by Crippen LogP contribution is 2.21. The molecule has 0 bridgehead atoms. The Morgan fingerprint density at radius 1 is 1.35 bits per heavy atom. The highest BCUT2D eigenvalue weighted by atomic mass is 16.5. The standard InChI is InChI=1S/C16H20N6O/c1-2-21-12-17-19-16(21)14-11-20(7-8-23-14)9-13-10-22-6-4-3-5-15(22)18-13/h3-6,10,12,14H,2,7-9,11H2,1H3/t14-/m0/s1. The summed E-state index contributed by atoms with van der Waals surface area (Å²) in [5.74, 6) is 0.909. The molecule has 3 aromatic heterocycles. The van der Waals surface area contributed by atoms with E-state index in [1.54, 1.807) is 6.33 Å². The van der Waals surface area contributed by atoms with Crippen molar-refractivity contribution in [3.05, 3.63) is 48.4 Å². The molecular formula is C16H20N6O. The molecule has 7 nitrogen and oxygen atoms in total. The summed E-state index contributed by atoms with van der Waals surface area (Å²) in [5.41, 5.74) is 2.06. The molecule has 0 amide bonds. The fourth-order valence-electron chi connectivity index (χ4n) is 3.05. The molecule has 7 heteroatoms. The highest BCUT2D eigenvalue weighted by Gasteiger charge is 2.26. The van der Waals surface area contributed by atoms with Crippen molar-refractivity contribution in [1.82, 2.24) is 29.0 Å². The molecule has 0 aliphatic carbocycles. The van der Waals surface area contributed by atoms with Gasteiger partial charge in [-0.05, 0) is 19.1 Å². The maximum Gasteiger partial charge on any atom is 0.163 e. The molecule has 3 aromatic rings. The minimum Gasteiger partial charge on any atom is -0.368 e. The predicted octanol–water partition coefficient (Wildman–Crippen LogP) is 1.52. The van der Waals surface area contributed by atoms with Crippen molar-refractivity contribution in [3.63, 3.8) is 0 Å². The lowest BCUT2D eigenvalue weighted by Crippen LogP contribution is -2.38. The zero-order valence-electron chi connectivity index (χ0n) is 13.2. The van der Waals surface area contributed by atoms with E-state index in [-0.39, 0.29) is 6.10 Å². The first-order valence-corrected chi connectivity index (χ1v) is 7.98. The van der Waals surface area contributed by atoms with Crippen LogP contribution in [0.4, 0.5) is 0 Å². The molecule has 1 fully saturated rings. The third kappa shape index (κ3) is 2.85. The molecule has 1 atom stereocenters. The Bertz CT molecular complexity index is 762. The van der Waals surface area contributed by atoms with Crippen LogP contribution in [0.3, 0.4) is 0 Å². The molecule has 4 rings (SSSR count). The number of hydrogen-bond donors (Lipinski definition) is 0. The van der Waals surface area contributed by atoms with E-state index in [1.807, 2.05) is 29.0 Å². The molecule has 23 heavy (non-hydrogen) atoms. The van der Waals surface area contributed by atoms with Gasteiger partial charge in [0.1, 0.15) is 18.1 Å². The van der Waals surface area contributed by atoms with E-state index in [2.05, 4.69) is 37.6 Å². The number of nitrogens with zero attached hydrogens (tertiary/aromatic N) is 6. The van der Waals surface area contributed by atoms with Crippen molar-refractivity contribution >= 4 is 5.65 Å². The van der Waals surface area contributed by atoms with Gasteiger partial charge in [0.15, 0.2) is 5.82 Å². The molecule has 0 saturated carbocycles. The van der Waals surface area contributed by atoms with Gasteiger partial charge >= 0.3 is 0 Å². The van der Waals surface area contributed by atoms with Gasteiger partial charge in [-0.1, -0.05) is 6.07 Å². The summed E-state index contributed by atoms with van der Waals surface area (Å²) in [6.07, 6.45) is 5.86. The van der Waals surface area contributed by atoms with E-state index in [1.165, 1.54) is 0 Å². The van der Waals surface area contributed by atoms with E-state index in [4.69, 9.17) is 4.74 Å². The Morgan fingerprint density at radius 2 is 2.30 bits per heavy atom. The smallest absolute Gasteiger partial charge is 0.163 e. The molecular weight excluding hydrogens is 292 g/mol. The van der Waals surface area contributed by atoms with E-state index < -0.39 is 0 Å². The molecule has 0 radical (unpaired) electrons. The summed E-state index contributed by atoms with van der Waals surface area (Å²) in [6, 6.07) is 6.05. The summed E-state index contributed by atoms with van der Waals surface area (Å²) in [5, 5.41) is 8.23. The summed E-state index contributed by atoms with van der Waals surface area (Å²) in [6.45, 7) is 6.19. The number of fused-ring (bicyclic) bond motifs is 1. The number of aryl methyl sites for hydroxylation is 1. The number of ether oxygens (including phenoxy) is 1. The molecule has 4 heterocycles. The number of morpholine rings is 1. The van der Waals surface area contributed by atoms with Gasteiger partial charge in [-0.2, -0.15) is 0 Å². The third-order valence-electron chi connectivity index (χ3n) is 4.22. The lowest BCUT2D eigenvalue weighted by Gasteiger charge is -2.31. The average Bonchev–Trinajstić information content (AvgIpc) is 3.20. The lowest BCUT2D eigenvalue weighted by atomic mass is 10.2. The largest absolute Gasteiger partial charge is 0.368 e. The zero-order chi connectivity index (χ0) is 15.6. The van der Waals surface area contributed by atoms with Crippen LogP contribution in [0.25, 0.3) is 5.65 Å². The normalized spacial score (nSPS) is 19.4. The van der Waals surface area contributed by atoms with Gasteiger partial charge in [0.05, 0.1) is 12.3 Å². The van der Waals surface area contributed by atoms with Crippen molar-refractivity contribution in [2.75, 3.05) is 19.7 Å². The summed E-state index contributed by atoms with van der Waals surface area (Å²) in [4.78, 5) is 7.04. The van der Waals surface area contributed by atoms with Gasteiger partial charge < -0.3 is 13.7 Å². The van der Waals surface area contributed by atoms with Crippen LogP contribution in [0.2, 0.25) is 0 Å². The number of aromatic nitrogens is 5. The minimum atomic E-state index is -0.0248.